The monoisotopic (exact) mass is 323 g/mol. The molecule has 1 aromatic rings. The van der Waals surface area contributed by atoms with E-state index in [0.29, 0.717) is 13.1 Å². The van der Waals surface area contributed by atoms with E-state index in [0.717, 1.165) is 12.1 Å². The molecule has 1 unspecified atom stereocenters. The van der Waals surface area contributed by atoms with E-state index in [4.69, 9.17) is 4.74 Å². The third-order valence-corrected chi connectivity index (χ3v) is 2.93. The van der Waals surface area contributed by atoms with E-state index >= 15 is 0 Å². The van der Waals surface area contributed by atoms with Crippen molar-refractivity contribution in [2.75, 3.05) is 13.1 Å². The molecule has 1 rings (SSSR count). The predicted molar refractivity (Wildman–Crippen MR) is 88.6 cm³/mol. The zero-order valence-electron chi connectivity index (χ0n) is 14.2. The number of carbonyl (C=O) groups excluding carboxylic acids is 1. The van der Waals surface area contributed by atoms with Gasteiger partial charge in [-0.1, -0.05) is 19.1 Å². The second-order valence-corrected chi connectivity index (χ2v) is 6.12. The first-order valence-corrected chi connectivity index (χ1v) is 7.78. The number of alkyl carbamates (subject to hydrolysis) is 1. The average molecular weight is 323 g/mol. The highest BCUT2D eigenvalue weighted by Crippen LogP contribution is 2.13. The molecule has 0 spiro atoms. The molecular weight excluding hydrogens is 297 g/mol. The topological polar surface area (TPSA) is 63.2 Å². The van der Waals surface area contributed by atoms with E-state index in [-0.39, 0.29) is 11.9 Å². The van der Waals surface area contributed by atoms with Gasteiger partial charge in [0.05, 0.1) is 11.9 Å². The maximum atomic E-state index is 12.9. The molecule has 128 valence electrons. The summed E-state index contributed by atoms with van der Waals surface area (Å²) in [6, 6.07) is 3.16. The number of rotatable bonds is 7. The van der Waals surface area contributed by atoms with E-state index in [1.807, 2.05) is 39.8 Å². The number of carbonyl (C=O) groups is 1. The standard InChI is InChI=1S/C17H26FN3O2/c1-5-14(15-9-8-13(18)12-21-15)19-10-6-7-11-20-16(22)23-17(2,3)4/h6-9,12,14,19H,5,10-11H2,1-4H3,(H,20,22)/b7-6+. The lowest BCUT2D eigenvalue weighted by Gasteiger charge is -2.19. The maximum Gasteiger partial charge on any atom is 0.407 e. The quantitative estimate of drug-likeness (QED) is 0.756. The summed E-state index contributed by atoms with van der Waals surface area (Å²) in [5.74, 6) is -0.336. The second kappa shape index (κ2) is 9.25. The van der Waals surface area contributed by atoms with Crippen LogP contribution in [0.15, 0.2) is 30.5 Å². The maximum absolute atomic E-state index is 12.9. The van der Waals surface area contributed by atoms with Crippen molar-refractivity contribution in [3.05, 3.63) is 42.0 Å². The van der Waals surface area contributed by atoms with Crippen LogP contribution in [0.5, 0.6) is 0 Å². The Balaban J connectivity index is 2.29. The smallest absolute Gasteiger partial charge is 0.407 e. The molecule has 2 N–H and O–H groups in total. The van der Waals surface area contributed by atoms with Gasteiger partial charge in [0.15, 0.2) is 0 Å². The molecule has 0 saturated carbocycles. The molecule has 0 aliphatic rings. The first kappa shape index (κ1) is 19.1. The van der Waals surface area contributed by atoms with Crippen molar-refractivity contribution >= 4 is 6.09 Å². The summed E-state index contributed by atoms with van der Waals surface area (Å²) in [6.07, 6.45) is 5.41. The van der Waals surface area contributed by atoms with Crippen molar-refractivity contribution in [1.29, 1.82) is 0 Å². The van der Waals surface area contributed by atoms with E-state index in [2.05, 4.69) is 15.6 Å². The molecule has 0 saturated heterocycles. The van der Waals surface area contributed by atoms with Crippen LogP contribution >= 0.6 is 0 Å². The molecule has 1 aromatic heterocycles. The van der Waals surface area contributed by atoms with Crippen LogP contribution in [0.4, 0.5) is 9.18 Å². The minimum absolute atomic E-state index is 0.0686. The summed E-state index contributed by atoms with van der Waals surface area (Å²) in [4.78, 5) is 15.5. The van der Waals surface area contributed by atoms with Gasteiger partial charge in [-0.25, -0.2) is 9.18 Å². The van der Waals surface area contributed by atoms with Crippen molar-refractivity contribution in [3.8, 4) is 0 Å². The number of amides is 1. The van der Waals surface area contributed by atoms with Crippen LogP contribution < -0.4 is 10.6 Å². The third-order valence-electron chi connectivity index (χ3n) is 2.93. The Bertz CT molecular complexity index is 510. The lowest BCUT2D eigenvalue weighted by atomic mass is 10.1. The number of hydrogen-bond acceptors (Lipinski definition) is 4. The molecule has 6 heteroatoms. The van der Waals surface area contributed by atoms with Crippen LogP contribution in [-0.2, 0) is 4.74 Å². The molecule has 1 heterocycles. The molecule has 5 nitrogen and oxygen atoms in total. The predicted octanol–water partition coefficient (Wildman–Crippen LogP) is 3.34. The summed E-state index contributed by atoms with van der Waals surface area (Å²) in [6.45, 7) is 8.54. The Hall–Kier alpha value is -1.95. The highest BCUT2D eigenvalue weighted by Gasteiger charge is 2.15. The average Bonchev–Trinajstić information content (AvgIpc) is 2.46. The van der Waals surface area contributed by atoms with Crippen molar-refractivity contribution < 1.29 is 13.9 Å². The number of ether oxygens (including phenoxy) is 1. The van der Waals surface area contributed by atoms with Crippen LogP contribution in [0.25, 0.3) is 0 Å². The molecule has 0 aliphatic carbocycles. The normalized spacial score (nSPS) is 13.1. The van der Waals surface area contributed by atoms with Crippen molar-refractivity contribution in [1.82, 2.24) is 15.6 Å². The summed E-state index contributed by atoms with van der Waals surface area (Å²) in [7, 11) is 0. The van der Waals surface area contributed by atoms with Crippen LogP contribution in [0, 0.1) is 5.82 Å². The molecule has 1 atom stereocenters. The van der Waals surface area contributed by atoms with Crippen molar-refractivity contribution in [2.24, 2.45) is 0 Å². The molecule has 23 heavy (non-hydrogen) atoms. The van der Waals surface area contributed by atoms with Crippen molar-refractivity contribution in [2.45, 2.75) is 45.8 Å². The van der Waals surface area contributed by atoms with Crippen LogP contribution in [0.3, 0.4) is 0 Å². The van der Waals surface area contributed by atoms with Gasteiger partial charge in [0.25, 0.3) is 0 Å². The molecular formula is C17H26FN3O2. The molecule has 1 amide bonds. The lowest BCUT2D eigenvalue weighted by molar-refractivity contribution is 0.0534. The summed E-state index contributed by atoms with van der Waals surface area (Å²) < 4.78 is 18.0. The van der Waals surface area contributed by atoms with Crippen LogP contribution in [0.2, 0.25) is 0 Å². The van der Waals surface area contributed by atoms with Crippen LogP contribution in [-0.4, -0.2) is 29.8 Å². The van der Waals surface area contributed by atoms with E-state index in [1.54, 1.807) is 6.07 Å². The Kier molecular flexibility index (Phi) is 7.68. The summed E-state index contributed by atoms with van der Waals surface area (Å²) in [5, 5.41) is 5.97. The van der Waals surface area contributed by atoms with Gasteiger partial charge in [0.1, 0.15) is 11.4 Å². The van der Waals surface area contributed by atoms with Gasteiger partial charge in [-0.15, -0.1) is 0 Å². The Morgan fingerprint density at radius 1 is 1.35 bits per heavy atom. The van der Waals surface area contributed by atoms with Crippen molar-refractivity contribution in [3.63, 3.8) is 0 Å². The largest absolute Gasteiger partial charge is 0.444 e. The number of hydrogen-bond donors (Lipinski definition) is 2. The molecule has 0 bridgehead atoms. The van der Waals surface area contributed by atoms with Gasteiger partial charge < -0.3 is 15.4 Å². The first-order chi connectivity index (χ1) is 10.8. The van der Waals surface area contributed by atoms with Crippen LogP contribution in [0.1, 0.15) is 45.9 Å². The number of nitrogens with zero attached hydrogens (tertiary/aromatic N) is 1. The first-order valence-electron chi connectivity index (χ1n) is 7.78. The lowest BCUT2D eigenvalue weighted by Crippen LogP contribution is -2.32. The minimum Gasteiger partial charge on any atom is -0.444 e. The second-order valence-electron chi connectivity index (χ2n) is 6.12. The van der Waals surface area contributed by atoms with E-state index < -0.39 is 11.7 Å². The molecule has 0 aromatic carbocycles. The number of nitrogens with one attached hydrogen (secondary N) is 2. The number of halogens is 1. The Morgan fingerprint density at radius 2 is 2.04 bits per heavy atom. The van der Waals surface area contributed by atoms with Gasteiger partial charge in [-0.05, 0) is 39.3 Å². The van der Waals surface area contributed by atoms with Gasteiger partial charge in [-0.2, -0.15) is 0 Å². The van der Waals surface area contributed by atoms with Gasteiger partial charge >= 0.3 is 6.09 Å². The minimum atomic E-state index is -0.494. The van der Waals surface area contributed by atoms with Gasteiger partial charge in [0, 0.05) is 19.1 Å². The highest BCUT2D eigenvalue weighted by molar-refractivity contribution is 5.67. The fourth-order valence-corrected chi connectivity index (χ4v) is 1.88. The molecule has 0 fully saturated rings. The Morgan fingerprint density at radius 3 is 2.61 bits per heavy atom. The van der Waals surface area contributed by atoms with Gasteiger partial charge in [-0.3, -0.25) is 4.98 Å². The summed E-state index contributed by atoms with van der Waals surface area (Å²) >= 11 is 0. The Labute approximate surface area is 137 Å². The fourth-order valence-electron chi connectivity index (χ4n) is 1.88. The van der Waals surface area contributed by atoms with Gasteiger partial charge in [0.2, 0.25) is 0 Å². The summed E-state index contributed by atoms with van der Waals surface area (Å²) in [5.41, 5.74) is 0.320. The third kappa shape index (κ3) is 8.30. The number of pyridine rings is 1. The SMILES string of the molecule is CCC(NC/C=C/CNC(=O)OC(C)(C)C)c1ccc(F)cn1. The van der Waals surface area contributed by atoms with E-state index in [9.17, 15) is 9.18 Å². The highest BCUT2D eigenvalue weighted by atomic mass is 19.1. The zero-order valence-corrected chi connectivity index (χ0v) is 14.2. The fraction of sp³-hybridized carbons (Fsp3) is 0.529. The molecule has 0 aliphatic heterocycles. The molecule has 0 radical (unpaired) electrons. The van der Waals surface area contributed by atoms with E-state index in [1.165, 1.54) is 12.3 Å². The zero-order chi connectivity index (χ0) is 17.3. The number of aromatic nitrogens is 1.